The van der Waals surface area contributed by atoms with Crippen molar-refractivity contribution in [3.8, 4) is 11.4 Å². The average molecular weight is 240 g/mol. The summed E-state index contributed by atoms with van der Waals surface area (Å²) in [6.45, 7) is 2.14. The summed E-state index contributed by atoms with van der Waals surface area (Å²) in [4.78, 5) is 13.1. The second-order valence-electron chi connectivity index (χ2n) is 4.59. The summed E-state index contributed by atoms with van der Waals surface area (Å²) in [6.07, 6.45) is 7.84. The van der Waals surface area contributed by atoms with Gasteiger partial charge in [0.2, 0.25) is 0 Å². The van der Waals surface area contributed by atoms with E-state index < -0.39 is 0 Å². The van der Waals surface area contributed by atoms with E-state index in [0.29, 0.717) is 5.92 Å². The summed E-state index contributed by atoms with van der Waals surface area (Å²) in [5.41, 5.74) is 2.11. The van der Waals surface area contributed by atoms with E-state index in [0.717, 1.165) is 30.2 Å². The quantitative estimate of drug-likeness (QED) is 0.872. The van der Waals surface area contributed by atoms with E-state index in [1.54, 1.807) is 12.4 Å². The molecule has 1 unspecified atom stereocenters. The van der Waals surface area contributed by atoms with Crippen LogP contribution in [0.1, 0.15) is 24.5 Å². The lowest BCUT2D eigenvalue weighted by molar-refractivity contribution is 0.454. The van der Waals surface area contributed by atoms with Crippen LogP contribution < -0.4 is 5.32 Å². The molecule has 3 rings (SSSR count). The van der Waals surface area contributed by atoms with E-state index in [2.05, 4.69) is 20.3 Å². The van der Waals surface area contributed by atoms with E-state index in [1.807, 2.05) is 24.4 Å². The summed E-state index contributed by atoms with van der Waals surface area (Å²) in [5.74, 6) is 1.28. The van der Waals surface area contributed by atoms with E-state index >= 15 is 0 Å². The molecular formula is C14H16N4. The fraction of sp³-hybridized carbons (Fsp3) is 0.357. The van der Waals surface area contributed by atoms with Gasteiger partial charge >= 0.3 is 0 Å². The molecule has 1 aliphatic rings. The number of aromatic nitrogens is 3. The molecule has 3 heterocycles. The molecule has 0 bridgehead atoms. The Bertz CT molecular complexity index is 506. The van der Waals surface area contributed by atoms with Gasteiger partial charge in [-0.05, 0) is 37.6 Å². The van der Waals surface area contributed by atoms with Gasteiger partial charge in [0.15, 0.2) is 5.82 Å². The second kappa shape index (κ2) is 5.23. The molecule has 1 fully saturated rings. The Kier molecular flexibility index (Phi) is 3.28. The molecule has 1 N–H and O–H groups in total. The first kappa shape index (κ1) is 11.3. The molecule has 4 nitrogen and oxygen atoms in total. The molecule has 0 amide bonds. The third-order valence-electron chi connectivity index (χ3n) is 3.31. The number of rotatable bonds is 2. The van der Waals surface area contributed by atoms with Crippen LogP contribution in [0.2, 0.25) is 0 Å². The molecule has 0 aromatic carbocycles. The Morgan fingerprint density at radius 3 is 3.00 bits per heavy atom. The Hall–Kier alpha value is -1.81. The van der Waals surface area contributed by atoms with Crippen molar-refractivity contribution in [2.45, 2.75) is 18.8 Å². The maximum Gasteiger partial charge on any atom is 0.160 e. The lowest BCUT2D eigenvalue weighted by Crippen LogP contribution is -2.28. The minimum atomic E-state index is 0.511. The third-order valence-corrected chi connectivity index (χ3v) is 3.31. The van der Waals surface area contributed by atoms with Crippen LogP contribution in [0.15, 0.2) is 36.8 Å². The topological polar surface area (TPSA) is 50.7 Å². The van der Waals surface area contributed by atoms with Crippen molar-refractivity contribution >= 4 is 0 Å². The molecule has 2 aromatic heterocycles. The second-order valence-corrected chi connectivity index (χ2v) is 4.59. The summed E-state index contributed by atoms with van der Waals surface area (Å²) < 4.78 is 0. The van der Waals surface area contributed by atoms with Gasteiger partial charge in [-0.3, -0.25) is 4.98 Å². The zero-order valence-electron chi connectivity index (χ0n) is 10.2. The van der Waals surface area contributed by atoms with Crippen molar-refractivity contribution < 1.29 is 0 Å². The molecule has 1 aliphatic heterocycles. The van der Waals surface area contributed by atoms with Crippen LogP contribution in [0.4, 0.5) is 0 Å². The largest absolute Gasteiger partial charge is 0.316 e. The highest BCUT2D eigenvalue weighted by atomic mass is 14.9. The van der Waals surface area contributed by atoms with Gasteiger partial charge in [0, 0.05) is 42.3 Å². The van der Waals surface area contributed by atoms with Crippen molar-refractivity contribution in [3.63, 3.8) is 0 Å². The molecule has 4 heteroatoms. The molecule has 0 spiro atoms. The van der Waals surface area contributed by atoms with Gasteiger partial charge in [-0.1, -0.05) is 0 Å². The van der Waals surface area contributed by atoms with Crippen molar-refractivity contribution in [2.24, 2.45) is 0 Å². The van der Waals surface area contributed by atoms with Gasteiger partial charge in [0.05, 0.1) is 0 Å². The SMILES string of the molecule is c1cncc(-c2nccc(C3CCCNC3)n2)c1. The highest BCUT2D eigenvalue weighted by Gasteiger charge is 2.17. The van der Waals surface area contributed by atoms with Crippen molar-refractivity contribution in [2.75, 3.05) is 13.1 Å². The van der Waals surface area contributed by atoms with Crippen molar-refractivity contribution in [1.29, 1.82) is 0 Å². The fourth-order valence-electron chi connectivity index (χ4n) is 2.34. The lowest BCUT2D eigenvalue weighted by atomic mass is 9.96. The van der Waals surface area contributed by atoms with Crippen LogP contribution in [0.5, 0.6) is 0 Å². The average Bonchev–Trinajstić information content (AvgIpc) is 2.49. The van der Waals surface area contributed by atoms with Crippen LogP contribution in [-0.2, 0) is 0 Å². The first-order valence-corrected chi connectivity index (χ1v) is 6.37. The first-order chi connectivity index (χ1) is 8.93. The molecule has 0 aliphatic carbocycles. The smallest absolute Gasteiger partial charge is 0.160 e. The van der Waals surface area contributed by atoms with Crippen molar-refractivity contribution in [3.05, 3.63) is 42.5 Å². The molecular weight excluding hydrogens is 224 g/mol. The van der Waals surface area contributed by atoms with Crippen molar-refractivity contribution in [1.82, 2.24) is 20.3 Å². The van der Waals surface area contributed by atoms with Gasteiger partial charge < -0.3 is 5.32 Å². The number of hydrogen-bond acceptors (Lipinski definition) is 4. The number of piperidine rings is 1. The monoisotopic (exact) mass is 240 g/mol. The first-order valence-electron chi connectivity index (χ1n) is 6.37. The predicted octanol–water partition coefficient (Wildman–Crippen LogP) is 2.01. The van der Waals surface area contributed by atoms with Gasteiger partial charge in [-0.2, -0.15) is 0 Å². The summed E-state index contributed by atoms with van der Waals surface area (Å²) in [6, 6.07) is 5.93. The molecule has 1 atom stereocenters. The Balaban J connectivity index is 1.89. The van der Waals surface area contributed by atoms with Gasteiger partial charge in [-0.25, -0.2) is 9.97 Å². The molecule has 0 saturated carbocycles. The zero-order chi connectivity index (χ0) is 12.2. The maximum atomic E-state index is 4.68. The lowest BCUT2D eigenvalue weighted by Gasteiger charge is -2.22. The van der Waals surface area contributed by atoms with E-state index in [4.69, 9.17) is 0 Å². The van der Waals surface area contributed by atoms with Crippen LogP contribution in [0, 0.1) is 0 Å². The highest BCUT2D eigenvalue weighted by Crippen LogP contribution is 2.23. The van der Waals surface area contributed by atoms with E-state index in [-0.39, 0.29) is 0 Å². The van der Waals surface area contributed by atoms with Gasteiger partial charge in [-0.15, -0.1) is 0 Å². The number of nitrogens with one attached hydrogen (secondary N) is 1. The summed E-state index contributed by atoms with van der Waals surface area (Å²) >= 11 is 0. The third kappa shape index (κ3) is 2.38. The molecule has 18 heavy (non-hydrogen) atoms. The Morgan fingerprint density at radius 1 is 1.22 bits per heavy atom. The van der Waals surface area contributed by atoms with Gasteiger partial charge in [0.25, 0.3) is 0 Å². The molecule has 1 saturated heterocycles. The minimum absolute atomic E-state index is 0.511. The van der Waals surface area contributed by atoms with Crippen LogP contribution in [0.3, 0.4) is 0 Å². The number of hydrogen-bond donors (Lipinski definition) is 1. The molecule has 2 aromatic rings. The summed E-state index contributed by atoms with van der Waals surface area (Å²) in [5, 5.41) is 3.42. The zero-order valence-corrected chi connectivity index (χ0v) is 10.2. The Morgan fingerprint density at radius 2 is 2.22 bits per heavy atom. The standard InChI is InChI=1S/C14H16N4/c1-3-11(9-15-6-1)13-5-8-17-14(18-13)12-4-2-7-16-10-12/h2,4-5,7-8,10-11,15H,1,3,6,9H2. The molecule has 0 radical (unpaired) electrons. The maximum absolute atomic E-state index is 4.68. The Labute approximate surface area is 107 Å². The summed E-state index contributed by atoms with van der Waals surface area (Å²) in [7, 11) is 0. The van der Waals surface area contributed by atoms with Crippen LogP contribution in [-0.4, -0.2) is 28.0 Å². The normalized spacial score (nSPS) is 19.7. The predicted molar refractivity (Wildman–Crippen MR) is 70.1 cm³/mol. The highest BCUT2D eigenvalue weighted by molar-refractivity contribution is 5.52. The van der Waals surface area contributed by atoms with E-state index in [9.17, 15) is 0 Å². The van der Waals surface area contributed by atoms with Crippen LogP contribution >= 0.6 is 0 Å². The fourth-order valence-corrected chi connectivity index (χ4v) is 2.34. The van der Waals surface area contributed by atoms with E-state index in [1.165, 1.54) is 12.8 Å². The minimum Gasteiger partial charge on any atom is -0.316 e. The van der Waals surface area contributed by atoms with Crippen LogP contribution in [0.25, 0.3) is 11.4 Å². The number of pyridine rings is 1. The molecule has 92 valence electrons. The van der Waals surface area contributed by atoms with Gasteiger partial charge in [0.1, 0.15) is 0 Å². The number of nitrogens with zero attached hydrogens (tertiary/aromatic N) is 3.